The Morgan fingerprint density at radius 1 is 0.879 bits per heavy atom. The van der Waals surface area contributed by atoms with Crippen LogP contribution in [0.15, 0.2) is 101 Å². The molecule has 0 aliphatic rings. The van der Waals surface area contributed by atoms with Crippen LogP contribution in [-0.2, 0) is 10.0 Å². The molecule has 0 atom stereocenters. The van der Waals surface area contributed by atoms with Gasteiger partial charge in [-0.25, -0.2) is 9.63 Å². The van der Waals surface area contributed by atoms with Crippen molar-refractivity contribution in [1.29, 1.82) is 0 Å². The van der Waals surface area contributed by atoms with E-state index in [0.29, 0.717) is 16.9 Å². The monoisotopic (exact) mass is 460 g/mol. The fourth-order valence-corrected chi connectivity index (χ4v) is 4.04. The van der Waals surface area contributed by atoms with Gasteiger partial charge < -0.3 is 9.47 Å². The molecule has 33 heavy (non-hydrogen) atoms. The number of ether oxygens (including phenoxy) is 2. The summed E-state index contributed by atoms with van der Waals surface area (Å²) in [5.74, 6) is 0.0260. The Balaban J connectivity index is 1.51. The zero-order valence-corrected chi connectivity index (χ0v) is 18.5. The average molecular weight is 461 g/mol. The predicted molar refractivity (Wildman–Crippen MR) is 126 cm³/mol. The molecule has 0 bridgehead atoms. The van der Waals surface area contributed by atoms with Gasteiger partial charge in [-0.3, -0.25) is 0 Å². The molecular weight excluding hydrogens is 440 g/mol. The van der Waals surface area contributed by atoms with Crippen LogP contribution in [-0.4, -0.2) is 27.7 Å². The van der Waals surface area contributed by atoms with Gasteiger partial charge in [0, 0.05) is 0 Å². The van der Waals surface area contributed by atoms with Crippen molar-refractivity contribution >= 4 is 33.0 Å². The Kier molecular flexibility index (Phi) is 6.37. The van der Waals surface area contributed by atoms with E-state index in [0.717, 1.165) is 10.8 Å². The molecule has 4 aromatic rings. The van der Waals surface area contributed by atoms with Gasteiger partial charge in [0.2, 0.25) is 0 Å². The van der Waals surface area contributed by atoms with E-state index in [1.165, 1.54) is 25.5 Å². The third kappa shape index (κ3) is 5.02. The van der Waals surface area contributed by atoms with Gasteiger partial charge in [-0.2, -0.15) is 13.5 Å². The summed E-state index contributed by atoms with van der Waals surface area (Å²) in [6, 6.07) is 25.7. The minimum absolute atomic E-state index is 0.107. The average Bonchev–Trinajstić information content (AvgIpc) is 2.85. The van der Waals surface area contributed by atoms with Crippen LogP contribution < -0.4 is 14.3 Å². The van der Waals surface area contributed by atoms with Crippen molar-refractivity contribution in [2.45, 2.75) is 4.90 Å². The standard InChI is InChI=1S/C25H20N2O5S/c1-31-24-16-18(17-26-27-33(29,30)20-10-3-2-4-11-20)14-15-23(24)32-25(28)22-13-7-9-19-8-5-6-12-21(19)22/h2-17,27H,1H3. The zero-order chi connectivity index (χ0) is 23.3. The van der Waals surface area contributed by atoms with Crippen LogP contribution in [0.25, 0.3) is 10.8 Å². The molecule has 0 aliphatic carbocycles. The molecule has 0 heterocycles. The van der Waals surface area contributed by atoms with E-state index in [1.807, 2.05) is 30.3 Å². The first kappa shape index (κ1) is 22.0. The van der Waals surface area contributed by atoms with E-state index in [9.17, 15) is 13.2 Å². The highest BCUT2D eigenvalue weighted by Crippen LogP contribution is 2.29. The Labute approximate surface area is 191 Å². The molecule has 0 aromatic heterocycles. The van der Waals surface area contributed by atoms with Crippen molar-refractivity contribution in [2.24, 2.45) is 5.10 Å². The van der Waals surface area contributed by atoms with Crippen molar-refractivity contribution in [3.05, 3.63) is 102 Å². The molecule has 4 aromatic carbocycles. The first-order valence-corrected chi connectivity index (χ1v) is 11.4. The lowest BCUT2D eigenvalue weighted by Crippen LogP contribution is -2.18. The largest absolute Gasteiger partial charge is 0.493 e. The normalized spacial score (nSPS) is 11.4. The van der Waals surface area contributed by atoms with Gasteiger partial charge in [-0.1, -0.05) is 54.6 Å². The molecule has 0 radical (unpaired) electrons. The fraction of sp³-hybridized carbons (Fsp3) is 0.0400. The lowest BCUT2D eigenvalue weighted by Gasteiger charge is -2.11. The number of hydrogen-bond donors (Lipinski definition) is 1. The number of hydrazone groups is 1. The van der Waals surface area contributed by atoms with Gasteiger partial charge in [-0.15, -0.1) is 0 Å². The van der Waals surface area contributed by atoms with Gasteiger partial charge >= 0.3 is 5.97 Å². The van der Waals surface area contributed by atoms with Crippen molar-refractivity contribution in [1.82, 2.24) is 4.83 Å². The molecule has 4 rings (SSSR count). The second-order valence-electron chi connectivity index (χ2n) is 6.99. The van der Waals surface area contributed by atoms with E-state index in [2.05, 4.69) is 9.93 Å². The summed E-state index contributed by atoms with van der Waals surface area (Å²) >= 11 is 0. The molecule has 0 amide bonds. The topological polar surface area (TPSA) is 94.1 Å². The number of fused-ring (bicyclic) bond motifs is 1. The zero-order valence-electron chi connectivity index (χ0n) is 17.6. The predicted octanol–water partition coefficient (Wildman–Crippen LogP) is 4.38. The van der Waals surface area contributed by atoms with Gasteiger partial charge in [-0.05, 0) is 52.7 Å². The van der Waals surface area contributed by atoms with Crippen LogP contribution in [0.1, 0.15) is 15.9 Å². The van der Waals surface area contributed by atoms with Crippen molar-refractivity contribution < 1.29 is 22.7 Å². The summed E-state index contributed by atoms with van der Waals surface area (Å²) in [5, 5.41) is 5.54. The minimum atomic E-state index is -3.77. The Bertz CT molecular complexity index is 1430. The molecule has 1 N–H and O–H groups in total. The summed E-state index contributed by atoms with van der Waals surface area (Å²) in [6.07, 6.45) is 1.33. The highest BCUT2D eigenvalue weighted by molar-refractivity contribution is 7.89. The highest BCUT2D eigenvalue weighted by atomic mass is 32.2. The summed E-state index contributed by atoms with van der Waals surface area (Å²) in [4.78, 5) is 15.1. The number of nitrogens with one attached hydrogen (secondary N) is 1. The molecule has 0 saturated carbocycles. The van der Waals surface area contributed by atoms with Gasteiger partial charge in [0.15, 0.2) is 11.5 Å². The van der Waals surface area contributed by atoms with Crippen LogP contribution in [0.3, 0.4) is 0 Å². The number of benzene rings is 4. The number of rotatable bonds is 7. The third-order valence-corrected chi connectivity index (χ3v) is 6.08. The molecule has 0 spiro atoms. The first-order valence-electron chi connectivity index (χ1n) is 9.96. The fourth-order valence-electron chi connectivity index (χ4n) is 3.23. The maximum atomic E-state index is 12.8. The maximum Gasteiger partial charge on any atom is 0.344 e. The lowest BCUT2D eigenvalue weighted by molar-refractivity contribution is 0.0732. The van der Waals surface area contributed by atoms with Crippen molar-refractivity contribution in [2.75, 3.05) is 7.11 Å². The van der Waals surface area contributed by atoms with Gasteiger partial charge in [0.05, 0.1) is 23.8 Å². The van der Waals surface area contributed by atoms with E-state index in [4.69, 9.17) is 9.47 Å². The molecule has 0 fully saturated rings. The first-order chi connectivity index (χ1) is 16.0. The van der Waals surface area contributed by atoms with E-state index < -0.39 is 16.0 Å². The number of carbonyl (C=O) groups is 1. The summed E-state index contributed by atoms with van der Waals surface area (Å²) in [7, 11) is -2.32. The van der Waals surface area contributed by atoms with E-state index >= 15 is 0 Å². The molecule has 7 nitrogen and oxygen atoms in total. The second kappa shape index (κ2) is 9.54. The minimum Gasteiger partial charge on any atom is -0.493 e. The smallest absolute Gasteiger partial charge is 0.344 e. The Hall–Kier alpha value is -4.17. The molecule has 0 aliphatic heterocycles. The van der Waals surface area contributed by atoms with Crippen LogP contribution in [0.4, 0.5) is 0 Å². The third-order valence-electron chi connectivity index (χ3n) is 4.84. The Morgan fingerprint density at radius 3 is 2.39 bits per heavy atom. The Morgan fingerprint density at radius 2 is 1.61 bits per heavy atom. The molecule has 0 saturated heterocycles. The van der Waals surface area contributed by atoms with Crippen LogP contribution >= 0.6 is 0 Å². The van der Waals surface area contributed by atoms with Crippen LogP contribution in [0, 0.1) is 0 Å². The molecule has 0 unspecified atom stereocenters. The molecule has 166 valence electrons. The highest BCUT2D eigenvalue weighted by Gasteiger charge is 2.15. The number of esters is 1. The summed E-state index contributed by atoms with van der Waals surface area (Å²) < 4.78 is 35.4. The van der Waals surface area contributed by atoms with Crippen molar-refractivity contribution in [3.63, 3.8) is 0 Å². The summed E-state index contributed by atoms with van der Waals surface area (Å²) in [6.45, 7) is 0. The molecule has 8 heteroatoms. The second-order valence-corrected chi connectivity index (χ2v) is 8.65. The SMILES string of the molecule is COc1cc(C=NNS(=O)(=O)c2ccccc2)ccc1OC(=O)c1cccc2ccccc12. The van der Waals surface area contributed by atoms with Crippen LogP contribution in [0.2, 0.25) is 0 Å². The quantitative estimate of drug-likeness (QED) is 0.191. The molecular formula is C25H20N2O5S. The maximum absolute atomic E-state index is 12.8. The summed E-state index contributed by atoms with van der Waals surface area (Å²) in [5.41, 5.74) is 0.990. The van der Waals surface area contributed by atoms with Crippen LogP contribution in [0.5, 0.6) is 11.5 Å². The van der Waals surface area contributed by atoms with Gasteiger partial charge in [0.25, 0.3) is 10.0 Å². The number of carbonyl (C=O) groups excluding carboxylic acids is 1. The van der Waals surface area contributed by atoms with Gasteiger partial charge in [0.1, 0.15) is 0 Å². The van der Waals surface area contributed by atoms with E-state index in [-0.39, 0.29) is 10.6 Å². The number of nitrogens with zero attached hydrogens (tertiary/aromatic N) is 1. The lowest BCUT2D eigenvalue weighted by atomic mass is 10.0. The van der Waals surface area contributed by atoms with Crippen molar-refractivity contribution in [3.8, 4) is 11.5 Å². The van der Waals surface area contributed by atoms with E-state index in [1.54, 1.807) is 48.5 Å². The number of sulfonamides is 1. The number of methoxy groups -OCH3 is 1. The number of hydrogen-bond acceptors (Lipinski definition) is 6.